The first-order valence-corrected chi connectivity index (χ1v) is 1.22. The molecule has 0 aliphatic rings. The van der Waals surface area contributed by atoms with E-state index >= 15 is 0 Å². The Hall–Kier alpha value is 0.753. The molecule has 0 fully saturated rings. The van der Waals surface area contributed by atoms with Crippen LogP contribution >= 0.6 is 0 Å². The van der Waals surface area contributed by atoms with Gasteiger partial charge < -0.3 is 11.0 Å². The van der Waals surface area contributed by atoms with Gasteiger partial charge in [-0.05, 0) is 0 Å². The minimum atomic E-state index is -1.42. The van der Waals surface area contributed by atoms with E-state index in [4.69, 9.17) is 8.42 Å². The van der Waals surface area contributed by atoms with Crippen LogP contribution in [0.25, 0.3) is 0 Å². The molecule has 4 nitrogen and oxygen atoms in total. The molecule has 0 aliphatic heterocycles. The van der Waals surface area contributed by atoms with Crippen molar-refractivity contribution in [1.29, 1.82) is 0 Å². The SMILES string of the molecule is O=[SH2]=O.[O-2].[O-2].[Zr+4]. The fraction of sp³-hybridized carbons (Fsp3) is 0. The van der Waals surface area contributed by atoms with Crippen LogP contribution in [0.1, 0.15) is 0 Å². The maximum absolute atomic E-state index is 8.40. The number of hydrogen-bond acceptors (Lipinski definition) is 2. The third kappa shape index (κ3) is 118. The second-order valence-electron chi connectivity index (χ2n) is 0.0833. The van der Waals surface area contributed by atoms with E-state index in [1.165, 1.54) is 0 Å². The van der Waals surface area contributed by atoms with E-state index < -0.39 is 11.6 Å². The molecule has 0 aromatic carbocycles. The third-order valence-electron chi connectivity index (χ3n) is 0. The summed E-state index contributed by atoms with van der Waals surface area (Å²) >= 11 is -1.42. The summed E-state index contributed by atoms with van der Waals surface area (Å²) in [6.45, 7) is 0. The molecule has 36 valence electrons. The molecule has 0 aromatic rings. The Kier molecular flexibility index (Phi) is 208. The van der Waals surface area contributed by atoms with Crippen LogP contribution in [0.2, 0.25) is 0 Å². The van der Waals surface area contributed by atoms with Crippen molar-refractivity contribution >= 4 is 11.6 Å². The molecule has 0 amide bonds. The second kappa shape index (κ2) is 42.3. The molecule has 0 rings (SSSR count). The quantitative estimate of drug-likeness (QED) is 0.466. The molecule has 6 heteroatoms. The Bertz CT molecular complexity index is 28.5. The van der Waals surface area contributed by atoms with Crippen molar-refractivity contribution in [1.82, 2.24) is 0 Å². The second-order valence-corrected chi connectivity index (χ2v) is 0.250. The summed E-state index contributed by atoms with van der Waals surface area (Å²) in [5.74, 6) is 0. The average molecular weight is 189 g/mol. The molecular formula is H2O4SZr. The predicted octanol–water partition coefficient (Wildman–Crippen LogP) is -1.45. The molecular weight excluding hydrogens is 187 g/mol. The summed E-state index contributed by atoms with van der Waals surface area (Å²) in [6.07, 6.45) is 0. The van der Waals surface area contributed by atoms with Crippen molar-refractivity contribution in [3.05, 3.63) is 0 Å². The van der Waals surface area contributed by atoms with Crippen LogP contribution in [0.4, 0.5) is 0 Å². The maximum Gasteiger partial charge on any atom is 4.00 e. The molecule has 6 heavy (non-hydrogen) atoms. The van der Waals surface area contributed by atoms with E-state index in [0.717, 1.165) is 0 Å². The smallest absolute Gasteiger partial charge is 2.00 e. The molecule has 0 saturated heterocycles. The number of rotatable bonds is 0. The average Bonchev–Trinajstić information content (AvgIpc) is 0.918. The van der Waals surface area contributed by atoms with Crippen molar-refractivity contribution in [2.75, 3.05) is 0 Å². The standard InChI is InChI=1S/H2O2S.2O.Zr/c1-3-2;;;/h3H2;;;/q;2*-2;+4. The minimum Gasteiger partial charge on any atom is -2.00 e. The first-order valence-electron chi connectivity index (χ1n) is 0.408. The number of hydrogen-bond donors (Lipinski definition) is 0. The molecule has 0 heterocycles. The summed E-state index contributed by atoms with van der Waals surface area (Å²) < 4.78 is 16.8. The van der Waals surface area contributed by atoms with Crippen molar-refractivity contribution in [2.45, 2.75) is 0 Å². The Labute approximate surface area is 57.3 Å². The van der Waals surface area contributed by atoms with Gasteiger partial charge in [-0.1, -0.05) is 0 Å². The predicted molar refractivity (Wildman–Crippen MR) is 13.1 cm³/mol. The Morgan fingerprint density at radius 3 is 1.00 bits per heavy atom. The minimum absolute atomic E-state index is 0. The molecule has 0 aliphatic carbocycles. The summed E-state index contributed by atoms with van der Waals surface area (Å²) in [5, 5.41) is 0. The molecule has 0 unspecified atom stereocenters. The maximum atomic E-state index is 8.40. The van der Waals surface area contributed by atoms with Gasteiger partial charge in [0.2, 0.25) is 0 Å². The van der Waals surface area contributed by atoms with Crippen LogP contribution in [0, 0.1) is 0 Å². The topological polar surface area (TPSA) is 91.1 Å². The zero-order valence-corrected chi connectivity index (χ0v) is 6.09. The molecule has 0 atom stereocenters. The van der Waals surface area contributed by atoms with E-state index in [1.54, 1.807) is 0 Å². The summed E-state index contributed by atoms with van der Waals surface area (Å²) in [6, 6.07) is 0. The van der Waals surface area contributed by atoms with Gasteiger partial charge >= 0.3 is 26.2 Å². The first kappa shape index (κ1) is 29.5. The van der Waals surface area contributed by atoms with Crippen LogP contribution in [0.5, 0.6) is 0 Å². The summed E-state index contributed by atoms with van der Waals surface area (Å²) in [4.78, 5) is 0. The summed E-state index contributed by atoms with van der Waals surface area (Å²) in [7, 11) is 0. The molecule has 0 aromatic heterocycles. The van der Waals surface area contributed by atoms with Gasteiger partial charge in [0.15, 0.2) is 0 Å². The van der Waals surface area contributed by atoms with Gasteiger partial charge in [0.25, 0.3) is 0 Å². The van der Waals surface area contributed by atoms with Crippen molar-refractivity contribution < 1.29 is 45.6 Å². The van der Waals surface area contributed by atoms with Gasteiger partial charge in [-0.3, -0.25) is 0 Å². The van der Waals surface area contributed by atoms with Crippen LogP contribution in [0.3, 0.4) is 0 Å². The molecule has 0 N–H and O–H groups in total. The third-order valence-corrected chi connectivity index (χ3v) is 0. The fourth-order valence-corrected chi connectivity index (χ4v) is 0. The van der Waals surface area contributed by atoms with Gasteiger partial charge in [0.1, 0.15) is 11.6 Å². The summed E-state index contributed by atoms with van der Waals surface area (Å²) in [5.41, 5.74) is 0. The van der Waals surface area contributed by atoms with Crippen molar-refractivity contribution in [3.8, 4) is 0 Å². The Morgan fingerprint density at radius 2 is 1.00 bits per heavy atom. The van der Waals surface area contributed by atoms with Crippen molar-refractivity contribution in [3.63, 3.8) is 0 Å². The van der Waals surface area contributed by atoms with Crippen LogP contribution < -0.4 is 0 Å². The first-order chi connectivity index (χ1) is 1.41. The van der Waals surface area contributed by atoms with Crippen LogP contribution in [-0.2, 0) is 48.7 Å². The van der Waals surface area contributed by atoms with E-state index in [9.17, 15) is 0 Å². The monoisotopic (exact) mass is 188 g/mol. The molecule has 0 saturated carbocycles. The Morgan fingerprint density at radius 1 is 1.00 bits per heavy atom. The van der Waals surface area contributed by atoms with E-state index in [1.807, 2.05) is 0 Å². The van der Waals surface area contributed by atoms with Crippen LogP contribution in [0.15, 0.2) is 0 Å². The van der Waals surface area contributed by atoms with Gasteiger partial charge in [-0.15, -0.1) is 0 Å². The van der Waals surface area contributed by atoms with E-state index in [0.29, 0.717) is 0 Å². The van der Waals surface area contributed by atoms with Crippen molar-refractivity contribution in [2.24, 2.45) is 0 Å². The largest absolute Gasteiger partial charge is 4.00 e. The molecule has 0 radical (unpaired) electrons. The fourth-order valence-electron chi connectivity index (χ4n) is 0. The molecule has 0 spiro atoms. The van der Waals surface area contributed by atoms with Gasteiger partial charge in [0.05, 0.1) is 0 Å². The Balaban J connectivity index is -0.00000000667. The zero-order valence-electron chi connectivity index (χ0n) is 2.63. The van der Waals surface area contributed by atoms with Gasteiger partial charge in [0, 0.05) is 0 Å². The van der Waals surface area contributed by atoms with E-state index in [-0.39, 0.29) is 37.2 Å². The van der Waals surface area contributed by atoms with Crippen LogP contribution in [-0.4, -0.2) is 8.42 Å². The normalized spacial score (nSPS) is 2.67. The van der Waals surface area contributed by atoms with Gasteiger partial charge in [-0.25, -0.2) is 8.42 Å². The zero-order chi connectivity index (χ0) is 2.71. The molecule has 0 bridgehead atoms. The van der Waals surface area contributed by atoms with E-state index in [2.05, 4.69) is 0 Å². The van der Waals surface area contributed by atoms with Gasteiger partial charge in [-0.2, -0.15) is 0 Å².